The molecule has 3 rings (SSSR count). The number of halogens is 3. The maximum atomic E-state index is 13.8. The summed E-state index contributed by atoms with van der Waals surface area (Å²) in [5.74, 6) is -2.33. The fourth-order valence-electron chi connectivity index (χ4n) is 2.24. The van der Waals surface area contributed by atoms with Gasteiger partial charge in [-0.15, -0.1) is 0 Å². The molecule has 1 heterocycles. The van der Waals surface area contributed by atoms with Gasteiger partial charge in [-0.1, -0.05) is 0 Å². The molecule has 0 saturated heterocycles. The molecule has 5 nitrogen and oxygen atoms in total. The van der Waals surface area contributed by atoms with E-state index in [9.17, 15) is 13.2 Å². The summed E-state index contributed by atoms with van der Waals surface area (Å²) < 4.78 is 40.6. The molecule has 2 aromatic rings. The van der Waals surface area contributed by atoms with Crippen molar-refractivity contribution in [2.75, 3.05) is 17.2 Å². The summed E-state index contributed by atoms with van der Waals surface area (Å²) in [5, 5.41) is 14.6. The van der Waals surface area contributed by atoms with Crippen LogP contribution in [0, 0.1) is 17.5 Å². The van der Waals surface area contributed by atoms with Crippen LogP contribution in [-0.2, 0) is 0 Å². The van der Waals surface area contributed by atoms with Gasteiger partial charge in [0.2, 0.25) is 5.95 Å². The largest absolute Gasteiger partial charge is 0.394 e. The van der Waals surface area contributed by atoms with Crippen molar-refractivity contribution in [2.45, 2.75) is 31.7 Å². The molecule has 3 N–H and O–H groups in total. The van der Waals surface area contributed by atoms with Crippen molar-refractivity contribution in [1.82, 2.24) is 9.97 Å². The number of rotatable bonds is 6. The molecule has 0 amide bonds. The van der Waals surface area contributed by atoms with Gasteiger partial charge in [0.1, 0.15) is 17.3 Å². The van der Waals surface area contributed by atoms with Crippen LogP contribution in [0.15, 0.2) is 18.2 Å². The number of hydrogen-bond acceptors (Lipinski definition) is 5. The molecule has 0 spiro atoms. The Morgan fingerprint density at radius 2 is 1.83 bits per heavy atom. The van der Waals surface area contributed by atoms with Crippen LogP contribution in [0.3, 0.4) is 0 Å². The molecule has 1 saturated carbocycles. The van der Waals surface area contributed by atoms with Gasteiger partial charge in [0.05, 0.1) is 12.3 Å². The van der Waals surface area contributed by atoms with Crippen LogP contribution in [0.2, 0.25) is 0 Å². The molecule has 0 aliphatic heterocycles. The van der Waals surface area contributed by atoms with Gasteiger partial charge >= 0.3 is 0 Å². The van der Waals surface area contributed by atoms with Gasteiger partial charge in [0.25, 0.3) is 0 Å². The number of benzene rings is 1. The summed E-state index contributed by atoms with van der Waals surface area (Å²) in [7, 11) is 0. The molecule has 0 unspecified atom stereocenters. The highest BCUT2D eigenvalue weighted by atomic mass is 19.1. The fourth-order valence-corrected chi connectivity index (χ4v) is 2.24. The summed E-state index contributed by atoms with van der Waals surface area (Å²) in [4.78, 5) is 8.52. The second-order valence-corrected chi connectivity index (χ2v) is 5.87. The van der Waals surface area contributed by atoms with Crippen LogP contribution in [0.25, 0.3) is 0 Å². The van der Waals surface area contributed by atoms with Gasteiger partial charge in [-0.2, -0.15) is 4.98 Å². The quantitative estimate of drug-likeness (QED) is 0.754. The van der Waals surface area contributed by atoms with E-state index in [4.69, 9.17) is 5.11 Å². The summed E-state index contributed by atoms with van der Waals surface area (Å²) in [6.07, 6.45) is 1.98. The highest BCUT2D eigenvalue weighted by molar-refractivity contribution is 5.59. The topological polar surface area (TPSA) is 70.1 Å². The van der Waals surface area contributed by atoms with E-state index in [0.717, 1.165) is 18.5 Å². The molecule has 1 atom stereocenters. The van der Waals surface area contributed by atoms with E-state index in [1.54, 1.807) is 13.0 Å². The predicted octanol–water partition coefficient (Wildman–Crippen LogP) is 3.31. The van der Waals surface area contributed by atoms with Gasteiger partial charge in [0, 0.05) is 30.2 Å². The van der Waals surface area contributed by atoms with E-state index in [1.807, 2.05) is 0 Å². The summed E-state index contributed by atoms with van der Waals surface area (Å²) in [5.41, 5.74) is 0.279. The molecule has 0 bridgehead atoms. The average molecular weight is 338 g/mol. The minimum absolute atomic E-state index is 0.110. The van der Waals surface area contributed by atoms with Crippen molar-refractivity contribution in [2.24, 2.45) is 0 Å². The van der Waals surface area contributed by atoms with Crippen LogP contribution in [0.5, 0.6) is 0 Å². The van der Waals surface area contributed by atoms with Crippen molar-refractivity contribution < 1.29 is 18.3 Å². The van der Waals surface area contributed by atoms with E-state index in [-0.39, 0.29) is 24.4 Å². The Bertz CT molecular complexity index is 729. The van der Waals surface area contributed by atoms with Gasteiger partial charge in [0.15, 0.2) is 11.6 Å². The summed E-state index contributed by atoms with van der Waals surface area (Å²) in [6, 6.07) is 2.55. The zero-order valence-corrected chi connectivity index (χ0v) is 13.0. The standard InChI is InChI=1S/C16H17F3N4O/c1-8(7-24)20-16-21-13(9-2-3-9)6-14(23-16)22-15-11(18)4-10(17)5-12(15)19/h4-6,8-9,24H,2-3,7H2,1H3,(H2,20,21,22,23)/t8-/m0/s1. The van der Waals surface area contributed by atoms with Crippen molar-refractivity contribution >= 4 is 17.5 Å². The highest BCUT2D eigenvalue weighted by Crippen LogP contribution is 2.40. The SMILES string of the molecule is C[C@@H](CO)Nc1nc(Nc2c(F)cc(F)cc2F)cc(C2CC2)n1. The van der Waals surface area contributed by atoms with Crippen molar-refractivity contribution in [3.05, 3.63) is 41.3 Å². The van der Waals surface area contributed by atoms with Crippen LogP contribution in [-0.4, -0.2) is 27.7 Å². The monoisotopic (exact) mass is 338 g/mol. The lowest BCUT2D eigenvalue weighted by Gasteiger charge is -2.14. The number of hydrogen-bond donors (Lipinski definition) is 3. The van der Waals surface area contributed by atoms with Crippen LogP contribution < -0.4 is 10.6 Å². The highest BCUT2D eigenvalue weighted by Gasteiger charge is 2.26. The molecular weight excluding hydrogens is 321 g/mol. The number of anilines is 3. The normalized spacial score (nSPS) is 15.2. The number of aromatic nitrogens is 2. The molecule has 1 aromatic carbocycles. The third kappa shape index (κ3) is 3.76. The van der Waals surface area contributed by atoms with Gasteiger partial charge in [-0.25, -0.2) is 18.2 Å². The number of aliphatic hydroxyl groups is 1. The van der Waals surface area contributed by atoms with Crippen molar-refractivity contribution in [3.8, 4) is 0 Å². The first-order valence-corrected chi connectivity index (χ1v) is 7.64. The number of nitrogens with one attached hydrogen (secondary N) is 2. The van der Waals surface area contributed by atoms with Gasteiger partial charge < -0.3 is 15.7 Å². The molecule has 1 fully saturated rings. The second kappa shape index (κ2) is 6.64. The maximum Gasteiger partial charge on any atom is 0.225 e. The molecule has 128 valence electrons. The number of nitrogens with zero attached hydrogens (tertiary/aromatic N) is 2. The Hall–Kier alpha value is -2.35. The zero-order valence-electron chi connectivity index (χ0n) is 13.0. The van der Waals surface area contributed by atoms with Gasteiger partial charge in [-0.3, -0.25) is 0 Å². The van der Waals surface area contributed by atoms with E-state index in [0.29, 0.717) is 18.1 Å². The Kier molecular flexibility index (Phi) is 4.57. The lowest BCUT2D eigenvalue weighted by Crippen LogP contribution is -2.21. The Morgan fingerprint density at radius 3 is 2.42 bits per heavy atom. The first-order valence-electron chi connectivity index (χ1n) is 7.64. The van der Waals surface area contributed by atoms with Crippen LogP contribution >= 0.6 is 0 Å². The molecule has 1 aromatic heterocycles. The second-order valence-electron chi connectivity index (χ2n) is 5.87. The van der Waals surface area contributed by atoms with Crippen LogP contribution in [0.1, 0.15) is 31.4 Å². The maximum absolute atomic E-state index is 13.8. The molecule has 8 heteroatoms. The van der Waals surface area contributed by atoms with E-state index in [2.05, 4.69) is 20.6 Å². The molecule has 0 radical (unpaired) electrons. The van der Waals surface area contributed by atoms with E-state index >= 15 is 0 Å². The zero-order chi connectivity index (χ0) is 17.3. The first-order chi connectivity index (χ1) is 11.5. The molecule has 1 aliphatic rings. The van der Waals surface area contributed by atoms with Crippen LogP contribution in [0.4, 0.5) is 30.6 Å². The predicted molar refractivity (Wildman–Crippen MR) is 83.8 cm³/mol. The van der Waals surface area contributed by atoms with Crippen molar-refractivity contribution in [3.63, 3.8) is 0 Å². The average Bonchev–Trinajstić information content (AvgIpc) is 3.35. The summed E-state index contributed by atoms with van der Waals surface area (Å²) >= 11 is 0. The molecule has 24 heavy (non-hydrogen) atoms. The molecule has 1 aliphatic carbocycles. The molecular formula is C16H17F3N4O. The minimum Gasteiger partial charge on any atom is -0.394 e. The van der Waals surface area contributed by atoms with Crippen molar-refractivity contribution in [1.29, 1.82) is 0 Å². The Balaban J connectivity index is 1.92. The lowest BCUT2D eigenvalue weighted by molar-refractivity contribution is 0.281. The number of aliphatic hydroxyl groups excluding tert-OH is 1. The smallest absolute Gasteiger partial charge is 0.225 e. The minimum atomic E-state index is -1.04. The fraction of sp³-hybridized carbons (Fsp3) is 0.375. The van der Waals surface area contributed by atoms with E-state index < -0.39 is 23.1 Å². The lowest BCUT2D eigenvalue weighted by atomic mass is 10.2. The third-order valence-corrected chi connectivity index (χ3v) is 3.65. The summed E-state index contributed by atoms with van der Waals surface area (Å²) in [6.45, 7) is 1.64. The third-order valence-electron chi connectivity index (χ3n) is 3.65. The first kappa shape index (κ1) is 16.5. The Morgan fingerprint density at radius 1 is 1.17 bits per heavy atom. The Labute approximate surface area is 137 Å². The van der Waals surface area contributed by atoms with E-state index in [1.165, 1.54) is 0 Å². The van der Waals surface area contributed by atoms with Gasteiger partial charge in [-0.05, 0) is 19.8 Å².